The van der Waals surface area contributed by atoms with Gasteiger partial charge in [0.05, 0.1) is 0 Å². The Balaban J connectivity index is 0. The number of carbonyl (C=O) groups is 3. The van der Waals surface area contributed by atoms with Gasteiger partial charge in [0.1, 0.15) is 6.04 Å². The van der Waals surface area contributed by atoms with Gasteiger partial charge in [0, 0.05) is 18.5 Å². The van der Waals surface area contributed by atoms with E-state index in [0.29, 0.717) is 18.5 Å². The van der Waals surface area contributed by atoms with E-state index in [-0.39, 0.29) is 25.7 Å². The first-order valence-electron chi connectivity index (χ1n) is 7.70. The Morgan fingerprint density at radius 1 is 1.17 bits per heavy atom. The lowest BCUT2D eigenvalue weighted by Crippen LogP contribution is -2.52. The molecule has 23 heavy (non-hydrogen) atoms. The first kappa shape index (κ1) is 23.1. The van der Waals surface area contributed by atoms with Gasteiger partial charge >= 0.3 is 0 Å². The van der Waals surface area contributed by atoms with Gasteiger partial charge in [0.2, 0.25) is 11.8 Å². The first-order chi connectivity index (χ1) is 10.5. The number of nitrogens with zero attached hydrogens (tertiary/aromatic N) is 1. The Morgan fingerprint density at radius 3 is 2.22 bits per heavy atom. The molecule has 0 radical (unpaired) electrons. The normalized spacial score (nSPS) is 21.5. The predicted octanol–water partition coefficient (Wildman–Crippen LogP) is 2.99. The number of imide groups is 1. The van der Waals surface area contributed by atoms with Gasteiger partial charge < -0.3 is 4.90 Å². The van der Waals surface area contributed by atoms with Crippen LogP contribution in [-0.4, -0.2) is 35.2 Å². The minimum atomic E-state index is -0.581. The van der Waals surface area contributed by atoms with Crippen LogP contribution in [0, 0.1) is 0 Å². The molecule has 0 aromatic heterocycles. The van der Waals surface area contributed by atoms with Crippen LogP contribution in [0.4, 0.5) is 0 Å². The molecule has 0 aromatic rings. The monoisotopic (exact) mass is 322 g/mol. The van der Waals surface area contributed by atoms with Crippen molar-refractivity contribution < 1.29 is 14.4 Å². The number of allylic oxidation sites excluding steroid dienone is 2. The second-order valence-electron chi connectivity index (χ2n) is 4.31. The molecule has 5 heteroatoms. The molecule has 2 rings (SSSR count). The SMILES string of the molecule is C.C=C/C=C1/CN(C2CCC(=O)NC2=O)C(=O)C1=C.CC.CC. The molecule has 0 saturated carbocycles. The average molecular weight is 322 g/mol. The van der Waals surface area contributed by atoms with Crippen molar-refractivity contribution in [2.75, 3.05) is 6.54 Å². The second-order valence-corrected chi connectivity index (χ2v) is 4.31. The van der Waals surface area contributed by atoms with Gasteiger partial charge in [-0.3, -0.25) is 19.7 Å². The molecular formula is C18H30N2O3. The second kappa shape index (κ2) is 11.4. The number of nitrogens with one attached hydrogen (secondary N) is 1. The first-order valence-corrected chi connectivity index (χ1v) is 7.70. The lowest BCUT2D eigenvalue weighted by Gasteiger charge is -2.28. The van der Waals surface area contributed by atoms with Crippen molar-refractivity contribution in [1.29, 1.82) is 0 Å². The van der Waals surface area contributed by atoms with Gasteiger partial charge in [-0.25, -0.2) is 0 Å². The number of likely N-dealkylation sites (tertiary alicyclic amines) is 1. The third kappa shape index (κ3) is 5.51. The van der Waals surface area contributed by atoms with Gasteiger partial charge in [-0.15, -0.1) is 0 Å². The van der Waals surface area contributed by atoms with Crippen molar-refractivity contribution in [2.24, 2.45) is 0 Å². The maximum absolute atomic E-state index is 12.0. The fourth-order valence-electron chi connectivity index (χ4n) is 2.19. The standard InChI is InChI=1S/C13H14N2O3.2C2H6.CH4/c1-3-4-9-7-15(13(18)8(9)2)10-5-6-11(16)14-12(10)17;2*1-2;/h3-4,10H,1-2,5-7H2,(H,14,16,17);2*1-2H3;1H4/b9-4-;;;. The number of hydrogen-bond acceptors (Lipinski definition) is 3. The number of rotatable bonds is 2. The summed E-state index contributed by atoms with van der Waals surface area (Å²) in [5.74, 6) is -0.951. The van der Waals surface area contributed by atoms with Gasteiger partial charge in [-0.05, 0) is 12.0 Å². The highest BCUT2D eigenvalue weighted by molar-refractivity contribution is 6.06. The summed E-state index contributed by atoms with van der Waals surface area (Å²) in [6, 6.07) is -0.581. The van der Waals surface area contributed by atoms with E-state index in [1.54, 1.807) is 12.2 Å². The molecule has 3 amide bonds. The van der Waals surface area contributed by atoms with Crippen molar-refractivity contribution in [3.05, 3.63) is 36.5 Å². The Hall–Kier alpha value is -2.17. The third-order valence-electron chi connectivity index (χ3n) is 3.15. The number of hydrogen-bond donors (Lipinski definition) is 1. The van der Waals surface area contributed by atoms with E-state index in [4.69, 9.17) is 0 Å². The smallest absolute Gasteiger partial charge is 0.254 e. The Labute approximate surface area is 140 Å². The molecule has 5 nitrogen and oxygen atoms in total. The fourth-order valence-corrected chi connectivity index (χ4v) is 2.19. The summed E-state index contributed by atoms with van der Waals surface area (Å²) in [4.78, 5) is 36.2. The van der Waals surface area contributed by atoms with Crippen molar-refractivity contribution in [3.63, 3.8) is 0 Å². The molecule has 0 bridgehead atoms. The van der Waals surface area contributed by atoms with Crippen LogP contribution in [0.5, 0.6) is 0 Å². The van der Waals surface area contributed by atoms with Crippen LogP contribution in [0.3, 0.4) is 0 Å². The Kier molecular flexibility index (Phi) is 11.5. The molecule has 130 valence electrons. The summed E-state index contributed by atoms with van der Waals surface area (Å²) in [5, 5.41) is 2.25. The highest BCUT2D eigenvalue weighted by Gasteiger charge is 2.39. The van der Waals surface area contributed by atoms with Gasteiger partial charge in [0.25, 0.3) is 5.91 Å². The van der Waals surface area contributed by atoms with Crippen molar-refractivity contribution in [3.8, 4) is 0 Å². The molecule has 2 saturated heterocycles. The van der Waals surface area contributed by atoms with Crippen LogP contribution in [0.1, 0.15) is 48.0 Å². The predicted molar refractivity (Wildman–Crippen MR) is 94.7 cm³/mol. The lowest BCUT2D eigenvalue weighted by molar-refractivity contribution is -0.142. The fraction of sp³-hybridized carbons (Fsp3) is 0.500. The van der Waals surface area contributed by atoms with E-state index in [9.17, 15) is 14.4 Å². The van der Waals surface area contributed by atoms with Gasteiger partial charge in [-0.1, -0.05) is 60.4 Å². The van der Waals surface area contributed by atoms with E-state index < -0.39 is 11.9 Å². The van der Waals surface area contributed by atoms with Gasteiger partial charge in [-0.2, -0.15) is 0 Å². The molecule has 2 fully saturated rings. The minimum absolute atomic E-state index is 0. The van der Waals surface area contributed by atoms with Crippen LogP contribution >= 0.6 is 0 Å². The Morgan fingerprint density at radius 2 is 1.74 bits per heavy atom. The number of amides is 3. The quantitative estimate of drug-likeness (QED) is 0.628. The van der Waals surface area contributed by atoms with Gasteiger partial charge in [0.15, 0.2) is 0 Å². The topological polar surface area (TPSA) is 66.5 Å². The lowest BCUT2D eigenvalue weighted by atomic mass is 10.0. The molecule has 0 aromatic carbocycles. The highest BCUT2D eigenvalue weighted by Crippen LogP contribution is 2.26. The van der Waals surface area contributed by atoms with Crippen LogP contribution in [0.25, 0.3) is 0 Å². The summed E-state index contributed by atoms with van der Waals surface area (Å²) in [7, 11) is 0. The van der Waals surface area contributed by atoms with E-state index in [1.165, 1.54) is 4.90 Å². The zero-order valence-electron chi connectivity index (χ0n) is 13.9. The van der Waals surface area contributed by atoms with E-state index >= 15 is 0 Å². The molecule has 1 N–H and O–H groups in total. The molecular weight excluding hydrogens is 292 g/mol. The molecule has 2 heterocycles. The summed E-state index contributed by atoms with van der Waals surface area (Å²) < 4.78 is 0. The minimum Gasteiger partial charge on any atom is -0.322 e. The van der Waals surface area contributed by atoms with Crippen molar-refractivity contribution in [2.45, 2.75) is 54.0 Å². The average Bonchev–Trinajstić information content (AvgIpc) is 2.80. The number of piperidine rings is 1. The molecule has 1 atom stereocenters. The summed E-state index contributed by atoms with van der Waals surface area (Å²) in [6.45, 7) is 15.6. The molecule has 1 unspecified atom stereocenters. The highest BCUT2D eigenvalue weighted by atomic mass is 16.2. The molecule has 2 aliphatic rings. The molecule has 0 aliphatic carbocycles. The summed E-state index contributed by atoms with van der Waals surface area (Å²) >= 11 is 0. The van der Waals surface area contributed by atoms with Crippen LogP contribution in [0.2, 0.25) is 0 Å². The maximum atomic E-state index is 12.0. The summed E-state index contributed by atoms with van der Waals surface area (Å²) in [6.07, 6.45) is 3.92. The van der Waals surface area contributed by atoms with Crippen LogP contribution in [0.15, 0.2) is 36.5 Å². The van der Waals surface area contributed by atoms with E-state index in [1.807, 2.05) is 27.7 Å². The molecule has 0 spiro atoms. The molecule has 2 aliphatic heterocycles. The van der Waals surface area contributed by atoms with Crippen LogP contribution < -0.4 is 5.32 Å². The maximum Gasteiger partial charge on any atom is 0.254 e. The van der Waals surface area contributed by atoms with E-state index in [0.717, 1.165) is 5.57 Å². The third-order valence-corrected chi connectivity index (χ3v) is 3.15. The summed E-state index contributed by atoms with van der Waals surface area (Å²) in [5.41, 5.74) is 1.15. The van der Waals surface area contributed by atoms with Crippen molar-refractivity contribution in [1.82, 2.24) is 10.2 Å². The van der Waals surface area contributed by atoms with E-state index in [2.05, 4.69) is 18.5 Å². The zero-order valence-corrected chi connectivity index (χ0v) is 13.9. The zero-order chi connectivity index (χ0) is 17.3. The largest absolute Gasteiger partial charge is 0.322 e. The van der Waals surface area contributed by atoms with Crippen molar-refractivity contribution >= 4 is 17.7 Å². The van der Waals surface area contributed by atoms with Crippen LogP contribution in [-0.2, 0) is 14.4 Å². The Bertz CT molecular complexity index is 492. The number of carbonyl (C=O) groups excluding carboxylic acids is 3.